The fourth-order valence-electron chi connectivity index (χ4n) is 1.77. The average molecular weight is 331 g/mol. The van der Waals surface area contributed by atoms with E-state index >= 15 is 0 Å². The monoisotopic (exact) mass is 331 g/mol. The van der Waals surface area contributed by atoms with Gasteiger partial charge in [0.15, 0.2) is 0 Å². The summed E-state index contributed by atoms with van der Waals surface area (Å²) >= 11 is 0. The van der Waals surface area contributed by atoms with Gasteiger partial charge in [-0.1, -0.05) is 20.8 Å². The van der Waals surface area contributed by atoms with E-state index in [0.717, 1.165) is 0 Å². The van der Waals surface area contributed by atoms with Gasteiger partial charge in [0, 0.05) is 5.56 Å². The molecule has 5 heteroatoms. The van der Waals surface area contributed by atoms with Crippen LogP contribution in [-0.4, -0.2) is 19.1 Å². The molecule has 1 heterocycles. The highest BCUT2D eigenvalue weighted by Gasteiger charge is 2.39. The summed E-state index contributed by atoms with van der Waals surface area (Å²) < 4.78 is 19.1. The maximum Gasteiger partial charge on any atom is 0.250 e. The van der Waals surface area contributed by atoms with Crippen molar-refractivity contribution in [2.45, 2.75) is 38.9 Å². The van der Waals surface area contributed by atoms with Crippen molar-refractivity contribution >= 4 is 14.1 Å². The van der Waals surface area contributed by atoms with E-state index in [0.29, 0.717) is 17.0 Å². The zero-order chi connectivity index (χ0) is 17.3. The van der Waals surface area contributed by atoms with Crippen LogP contribution < -0.4 is 4.43 Å². The van der Waals surface area contributed by atoms with E-state index in [1.807, 2.05) is 0 Å². The Morgan fingerprint density at radius 2 is 1.70 bits per heavy atom. The zero-order valence-electron chi connectivity index (χ0n) is 14.2. The van der Waals surface area contributed by atoms with Crippen LogP contribution in [0.1, 0.15) is 36.8 Å². The van der Waals surface area contributed by atoms with Crippen molar-refractivity contribution in [3.8, 4) is 5.75 Å². The van der Waals surface area contributed by atoms with Crippen LogP contribution in [0.2, 0.25) is 18.1 Å². The third-order valence-electron chi connectivity index (χ3n) is 4.25. The first-order chi connectivity index (χ1) is 10.6. The van der Waals surface area contributed by atoms with Gasteiger partial charge in [0.1, 0.15) is 17.3 Å². The summed E-state index contributed by atoms with van der Waals surface area (Å²) in [5, 5.41) is 0.0929. The first-order valence-electron chi connectivity index (χ1n) is 7.55. The van der Waals surface area contributed by atoms with Gasteiger partial charge in [0.25, 0.3) is 8.32 Å². The molecule has 0 aliphatic heterocycles. The van der Waals surface area contributed by atoms with Crippen LogP contribution in [0.5, 0.6) is 5.75 Å². The van der Waals surface area contributed by atoms with Crippen molar-refractivity contribution in [3.05, 3.63) is 59.7 Å². The van der Waals surface area contributed by atoms with E-state index in [2.05, 4.69) is 38.8 Å². The standard InChI is InChI=1S/C18H22FNO2Si/c1-18(2,3)23(4,5)22-15-10-11-16(20-12-15)17(21)13-6-8-14(19)9-7-13/h6-12H,1-5H3. The second kappa shape index (κ2) is 6.24. The second-order valence-electron chi connectivity index (χ2n) is 7.08. The van der Waals surface area contributed by atoms with Crippen molar-refractivity contribution < 1.29 is 13.6 Å². The summed E-state index contributed by atoms with van der Waals surface area (Å²) in [6.07, 6.45) is 1.58. The van der Waals surface area contributed by atoms with Crippen molar-refractivity contribution in [2.75, 3.05) is 0 Å². The first kappa shape index (κ1) is 17.3. The Labute approximate surface area is 137 Å². The van der Waals surface area contributed by atoms with Gasteiger partial charge in [-0.25, -0.2) is 9.37 Å². The number of carbonyl (C=O) groups excluding carboxylic acids is 1. The summed E-state index contributed by atoms with van der Waals surface area (Å²) in [6, 6.07) is 8.86. The first-order valence-corrected chi connectivity index (χ1v) is 10.5. The lowest BCUT2D eigenvalue weighted by Crippen LogP contribution is -2.43. The van der Waals surface area contributed by atoms with Crippen LogP contribution in [0.15, 0.2) is 42.6 Å². The van der Waals surface area contributed by atoms with Gasteiger partial charge in [-0.2, -0.15) is 0 Å². The van der Waals surface area contributed by atoms with Gasteiger partial charge >= 0.3 is 0 Å². The number of rotatable bonds is 4. The molecule has 1 aromatic heterocycles. The van der Waals surface area contributed by atoms with Crippen molar-refractivity contribution in [3.63, 3.8) is 0 Å². The number of pyridine rings is 1. The third-order valence-corrected chi connectivity index (χ3v) is 8.61. The Balaban J connectivity index is 2.16. The SMILES string of the molecule is CC(C)(C)[Si](C)(C)Oc1ccc(C(=O)c2ccc(F)cc2)nc1. The van der Waals surface area contributed by atoms with Crippen molar-refractivity contribution in [2.24, 2.45) is 0 Å². The Morgan fingerprint density at radius 3 is 2.17 bits per heavy atom. The Hall–Kier alpha value is -2.01. The lowest BCUT2D eigenvalue weighted by Gasteiger charge is -2.36. The molecular formula is C18H22FNO2Si. The predicted molar refractivity (Wildman–Crippen MR) is 91.9 cm³/mol. The average Bonchev–Trinajstić information content (AvgIpc) is 2.46. The fraction of sp³-hybridized carbons (Fsp3) is 0.333. The molecule has 2 aromatic rings. The number of nitrogens with zero attached hydrogens (tertiary/aromatic N) is 1. The van der Waals surface area contributed by atoms with Gasteiger partial charge in [0.2, 0.25) is 5.78 Å². The number of halogens is 1. The van der Waals surface area contributed by atoms with Crippen LogP contribution in [0.25, 0.3) is 0 Å². The van der Waals surface area contributed by atoms with Crippen molar-refractivity contribution in [1.29, 1.82) is 0 Å². The third kappa shape index (κ3) is 4.04. The Bertz CT molecular complexity index is 688. The molecule has 0 bridgehead atoms. The van der Waals surface area contributed by atoms with E-state index in [4.69, 9.17) is 4.43 Å². The molecule has 0 unspecified atom stereocenters. The Kier molecular flexibility index (Phi) is 4.70. The van der Waals surface area contributed by atoms with Crippen LogP contribution in [0, 0.1) is 5.82 Å². The molecule has 0 saturated heterocycles. The maximum absolute atomic E-state index is 12.9. The quantitative estimate of drug-likeness (QED) is 0.594. The fourth-order valence-corrected chi connectivity index (χ4v) is 2.79. The van der Waals surface area contributed by atoms with Crippen LogP contribution in [0.4, 0.5) is 4.39 Å². The van der Waals surface area contributed by atoms with E-state index in [1.165, 1.54) is 24.3 Å². The lowest BCUT2D eigenvalue weighted by molar-refractivity contribution is 0.103. The summed E-state index contributed by atoms with van der Waals surface area (Å²) in [5.41, 5.74) is 0.733. The Morgan fingerprint density at radius 1 is 1.09 bits per heavy atom. The number of ketones is 1. The summed E-state index contributed by atoms with van der Waals surface area (Å²) in [7, 11) is -1.93. The van der Waals surface area contributed by atoms with E-state index < -0.39 is 8.32 Å². The number of carbonyl (C=O) groups is 1. The number of hydrogen-bond acceptors (Lipinski definition) is 3. The molecular weight excluding hydrogens is 309 g/mol. The lowest BCUT2D eigenvalue weighted by atomic mass is 10.1. The highest BCUT2D eigenvalue weighted by Crippen LogP contribution is 2.37. The topological polar surface area (TPSA) is 39.2 Å². The molecule has 0 fully saturated rings. The van der Waals surface area contributed by atoms with Crippen LogP contribution in [0.3, 0.4) is 0 Å². The molecule has 0 saturated carbocycles. The zero-order valence-corrected chi connectivity index (χ0v) is 15.2. The molecule has 1 aromatic carbocycles. The maximum atomic E-state index is 12.9. The van der Waals surface area contributed by atoms with Gasteiger partial charge < -0.3 is 4.43 Å². The van der Waals surface area contributed by atoms with Gasteiger partial charge in [-0.3, -0.25) is 4.79 Å². The van der Waals surface area contributed by atoms with Gasteiger partial charge in [0.05, 0.1) is 6.20 Å². The van der Waals surface area contributed by atoms with Gasteiger partial charge in [-0.05, 0) is 54.5 Å². The molecule has 0 atom stereocenters. The molecule has 23 heavy (non-hydrogen) atoms. The van der Waals surface area contributed by atoms with Crippen LogP contribution >= 0.6 is 0 Å². The minimum Gasteiger partial charge on any atom is -0.542 e. The minimum absolute atomic E-state index is 0.0929. The predicted octanol–water partition coefficient (Wildman–Crippen LogP) is 4.84. The molecule has 0 aliphatic carbocycles. The largest absolute Gasteiger partial charge is 0.542 e. The smallest absolute Gasteiger partial charge is 0.250 e. The molecule has 0 amide bonds. The number of aromatic nitrogens is 1. The highest BCUT2D eigenvalue weighted by molar-refractivity contribution is 6.74. The molecule has 0 N–H and O–H groups in total. The molecule has 0 aliphatic rings. The normalized spacial score (nSPS) is 12.1. The van der Waals surface area contributed by atoms with E-state index in [1.54, 1.807) is 18.3 Å². The summed E-state index contributed by atoms with van der Waals surface area (Å²) in [6.45, 7) is 10.8. The number of hydrogen-bond donors (Lipinski definition) is 0. The van der Waals surface area contributed by atoms with Crippen LogP contribution in [-0.2, 0) is 0 Å². The summed E-state index contributed by atoms with van der Waals surface area (Å²) in [4.78, 5) is 16.5. The van der Waals surface area contributed by atoms with Crippen molar-refractivity contribution in [1.82, 2.24) is 4.98 Å². The molecule has 0 spiro atoms. The summed E-state index contributed by atoms with van der Waals surface area (Å²) in [5.74, 6) is 0.0729. The van der Waals surface area contributed by atoms with Gasteiger partial charge in [-0.15, -0.1) is 0 Å². The second-order valence-corrected chi connectivity index (χ2v) is 11.8. The minimum atomic E-state index is -1.93. The number of benzene rings is 1. The molecule has 122 valence electrons. The highest BCUT2D eigenvalue weighted by atomic mass is 28.4. The molecule has 3 nitrogen and oxygen atoms in total. The van der Waals surface area contributed by atoms with E-state index in [9.17, 15) is 9.18 Å². The molecule has 0 radical (unpaired) electrons. The molecule has 2 rings (SSSR count). The van der Waals surface area contributed by atoms with E-state index in [-0.39, 0.29) is 16.6 Å².